The van der Waals surface area contributed by atoms with E-state index in [1.807, 2.05) is 32.0 Å². The van der Waals surface area contributed by atoms with Gasteiger partial charge in [0.05, 0.1) is 23.7 Å². The summed E-state index contributed by atoms with van der Waals surface area (Å²) in [6.07, 6.45) is 0. The van der Waals surface area contributed by atoms with Gasteiger partial charge in [-0.2, -0.15) is 4.31 Å². The number of benzene rings is 2. The zero-order chi connectivity index (χ0) is 20.3. The van der Waals surface area contributed by atoms with E-state index in [2.05, 4.69) is 0 Å². The van der Waals surface area contributed by atoms with E-state index in [0.29, 0.717) is 13.2 Å². The number of nitrogens with zero attached hydrogens (tertiary/aromatic N) is 1. The minimum absolute atomic E-state index is 0.0216. The first-order chi connectivity index (χ1) is 13.3. The number of ether oxygens (including phenoxy) is 2. The van der Waals surface area contributed by atoms with Gasteiger partial charge in [-0.3, -0.25) is 0 Å². The van der Waals surface area contributed by atoms with Crippen molar-refractivity contribution in [2.45, 2.75) is 25.3 Å². The quantitative estimate of drug-likeness (QED) is 0.713. The molecule has 0 saturated carbocycles. The maximum absolute atomic E-state index is 14.2. The highest BCUT2D eigenvalue weighted by Gasteiger charge is 2.28. The summed E-state index contributed by atoms with van der Waals surface area (Å²) >= 11 is 0. The van der Waals surface area contributed by atoms with Gasteiger partial charge < -0.3 is 9.47 Å². The van der Waals surface area contributed by atoms with E-state index in [1.165, 1.54) is 4.31 Å². The highest BCUT2D eigenvalue weighted by atomic mass is 32.2. The van der Waals surface area contributed by atoms with Crippen molar-refractivity contribution in [1.29, 1.82) is 0 Å². The molecule has 1 aliphatic rings. The van der Waals surface area contributed by atoms with Crippen molar-refractivity contribution in [2.75, 3.05) is 26.3 Å². The van der Waals surface area contributed by atoms with Crippen molar-refractivity contribution >= 4 is 16.0 Å². The third kappa shape index (κ3) is 4.40. The zero-order valence-electron chi connectivity index (χ0n) is 15.8. The number of carbonyl (C=O) groups is 1. The Labute approximate surface area is 163 Å². The van der Waals surface area contributed by atoms with Crippen LogP contribution in [0.1, 0.15) is 27.0 Å². The summed E-state index contributed by atoms with van der Waals surface area (Å²) in [5.41, 5.74) is 2.37. The van der Waals surface area contributed by atoms with Gasteiger partial charge >= 0.3 is 5.97 Å². The Bertz CT molecular complexity index is 984. The second-order valence-corrected chi connectivity index (χ2v) is 8.60. The summed E-state index contributed by atoms with van der Waals surface area (Å²) in [6, 6.07) is 8.90. The third-order valence-electron chi connectivity index (χ3n) is 4.63. The second-order valence-electron chi connectivity index (χ2n) is 6.66. The van der Waals surface area contributed by atoms with E-state index in [-0.39, 0.29) is 24.6 Å². The molecule has 3 rings (SSSR count). The Morgan fingerprint density at radius 3 is 2.57 bits per heavy atom. The van der Waals surface area contributed by atoms with E-state index < -0.39 is 27.4 Å². The van der Waals surface area contributed by atoms with Crippen LogP contribution in [-0.2, 0) is 26.1 Å². The molecule has 0 radical (unpaired) electrons. The zero-order valence-corrected chi connectivity index (χ0v) is 16.6. The van der Waals surface area contributed by atoms with Crippen LogP contribution in [0.3, 0.4) is 0 Å². The maximum atomic E-state index is 14.2. The summed E-state index contributed by atoms with van der Waals surface area (Å²) in [7, 11) is -3.84. The molecule has 0 amide bonds. The summed E-state index contributed by atoms with van der Waals surface area (Å²) in [4.78, 5) is 12.3. The standard InChI is InChI=1S/C20H22FNO5S/c1-14-3-4-15(2)16(11-14)13-27-20(23)18-12-17(5-6-19(18)21)28(24,25)22-7-9-26-10-8-22/h3-6,11-12H,7-10,13H2,1-2H3. The molecule has 1 saturated heterocycles. The van der Waals surface area contributed by atoms with Crippen molar-refractivity contribution in [3.05, 3.63) is 64.5 Å². The average Bonchev–Trinajstić information content (AvgIpc) is 2.69. The Hall–Kier alpha value is -2.29. The highest BCUT2D eigenvalue weighted by Crippen LogP contribution is 2.21. The average molecular weight is 407 g/mol. The number of carbonyl (C=O) groups excluding carboxylic acids is 1. The number of sulfonamides is 1. The van der Waals surface area contributed by atoms with Crippen molar-refractivity contribution in [2.24, 2.45) is 0 Å². The number of aryl methyl sites for hydroxylation is 2. The van der Waals surface area contributed by atoms with Gasteiger partial charge in [0.2, 0.25) is 10.0 Å². The molecule has 2 aromatic carbocycles. The molecule has 0 spiro atoms. The van der Waals surface area contributed by atoms with Crippen LogP contribution >= 0.6 is 0 Å². The van der Waals surface area contributed by atoms with E-state index in [9.17, 15) is 17.6 Å². The van der Waals surface area contributed by atoms with E-state index >= 15 is 0 Å². The summed E-state index contributed by atoms with van der Waals surface area (Å²) in [5, 5.41) is 0. The summed E-state index contributed by atoms with van der Waals surface area (Å²) in [5.74, 6) is -1.73. The fourth-order valence-electron chi connectivity index (χ4n) is 2.93. The van der Waals surface area contributed by atoms with Crippen molar-refractivity contribution < 1.29 is 27.1 Å². The van der Waals surface area contributed by atoms with Gasteiger partial charge in [-0.05, 0) is 43.2 Å². The van der Waals surface area contributed by atoms with Crippen LogP contribution in [0.2, 0.25) is 0 Å². The molecule has 8 heteroatoms. The lowest BCUT2D eigenvalue weighted by Gasteiger charge is -2.26. The first-order valence-electron chi connectivity index (χ1n) is 8.90. The van der Waals surface area contributed by atoms with Crippen LogP contribution in [0, 0.1) is 19.7 Å². The van der Waals surface area contributed by atoms with Gasteiger partial charge in [-0.15, -0.1) is 0 Å². The molecule has 0 unspecified atom stereocenters. The predicted molar refractivity (Wildman–Crippen MR) is 101 cm³/mol. The third-order valence-corrected chi connectivity index (χ3v) is 6.52. The molecule has 150 valence electrons. The Balaban J connectivity index is 1.80. The minimum Gasteiger partial charge on any atom is -0.457 e. The van der Waals surface area contributed by atoms with Gasteiger partial charge in [-0.25, -0.2) is 17.6 Å². The molecule has 28 heavy (non-hydrogen) atoms. The molecular weight excluding hydrogens is 385 g/mol. The van der Waals surface area contributed by atoms with Gasteiger partial charge in [0.25, 0.3) is 0 Å². The Morgan fingerprint density at radius 1 is 1.14 bits per heavy atom. The van der Waals surface area contributed by atoms with E-state index in [0.717, 1.165) is 34.9 Å². The molecule has 1 aliphatic heterocycles. The smallest absolute Gasteiger partial charge is 0.341 e. The van der Waals surface area contributed by atoms with Gasteiger partial charge in [0, 0.05) is 13.1 Å². The molecule has 1 heterocycles. The number of rotatable bonds is 5. The number of hydrogen-bond donors (Lipinski definition) is 0. The van der Waals surface area contributed by atoms with Crippen LogP contribution in [0.25, 0.3) is 0 Å². The van der Waals surface area contributed by atoms with Gasteiger partial charge in [0.15, 0.2) is 0 Å². The lowest BCUT2D eigenvalue weighted by atomic mass is 10.1. The van der Waals surface area contributed by atoms with E-state index in [1.54, 1.807) is 0 Å². The molecule has 0 N–H and O–H groups in total. The van der Waals surface area contributed by atoms with Crippen LogP contribution in [0.15, 0.2) is 41.3 Å². The fraction of sp³-hybridized carbons (Fsp3) is 0.350. The van der Waals surface area contributed by atoms with Crippen molar-refractivity contribution in [3.63, 3.8) is 0 Å². The highest BCUT2D eigenvalue weighted by molar-refractivity contribution is 7.89. The first kappa shape index (κ1) is 20.4. The summed E-state index contributed by atoms with van der Waals surface area (Å²) in [6.45, 7) is 4.81. The molecular formula is C20H22FNO5S. The number of esters is 1. The minimum atomic E-state index is -3.84. The normalized spacial score (nSPS) is 15.4. The topological polar surface area (TPSA) is 72.9 Å². The number of halogens is 1. The van der Waals surface area contributed by atoms with Crippen molar-refractivity contribution in [3.8, 4) is 0 Å². The molecule has 0 bridgehead atoms. The summed E-state index contributed by atoms with van der Waals surface area (Å²) < 4.78 is 51.3. The SMILES string of the molecule is Cc1ccc(C)c(COC(=O)c2cc(S(=O)(=O)N3CCOCC3)ccc2F)c1. The Kier molecular flexibility index (Phi) is 6.12. The van der Waals surface area contributed by atoms with Crippen LogP contribution in [0.4, 0.5) is 4.39 Å². The number of hydrogen-bond acceptors (Lipinski definition) is 5. The number of morpholine rings is 1. The van der Waals surface area contributed by atoms with E-state index in [4.69, 9.17) is 9.47 Å². The first-order valence-corrected chi connectivity index (χ1v) is 10.3. The Morgan fingerprint density at radius 2 is 1.86 bits per heavy atom. The van der Waals surface area contributed by atoms with Crippen LogP contribution < -0.4 is 0 Å². The monoisotopic (exact) mass is 407 g/mol. The molecule has 1 fully saturated rings. The van der Waals surface area contributed by atoms with Crippen molar-refractivity contribution in [1.82, 2.24) is 4.31 Å². The fourth-order valence-corrected chi connectivity index (χ4v) is 4.37. The molecule has 0 atom stereocenters. The maximum Gasteiger partial charge on any atom is 0.341 e. The second kappa shape index (κ2) is 8.38. The molecule has 0 aliphatic carbocycles. The van der Waals surface area contributed by atoms with Gasteiger partial charge in [-0.1, -0.05) is 23.8 Å². The predicted octanol–water partition coefficient (Wildman–Crippen LogP) is 2.82. The molecule has 6 nitrogen and oxygen atoms in total. The molecule has 2 aromatic rings. The largest absolute Gasteiger partial charge is 0.457 e. The van der Waals surface area contributed by atoms with Gasteiger partial charge in [0.1, 0.15) is 12.4 Å². The molecule has 0 aromatic heterocycles. The lowest BCUT2D eigenvalue weighted by Crippen LogP contribution is -2.40. The van der Waals surface area contributed by atoms with Crippen LogP contribution in [0.5, 0.6) is 0 Å². The van der Waals surface area contributed by atoms with Crippen LogP contribution in [-0.4, -0.2) is 45.0 Å². The lowest BCUT2D eigenvalue weighted by molar-refractivity contribution is 0.0466.